The Morgan fingerprint density at radius 2 is 2.25 bits per heavy atom. The highest BCUT2D eigenvalue weighted by Gasteiger charge is 2.28. The summed E-state index contributed by atoms with van der Waals surface area (Å²) in [6.07, 6.45) is 8.59. The van der Waals surface area contributed by atoms with Crippen molar-refractivity contribution in [3.63, 3.8) is 0 Å². The van der Waals surface area contributed by atoms with Crippen LogP contribution in [0.3, 0.4) is 0 Å². The van der Waals surface area contributed by atoms with E-state index in [1.165, 1.54) is 24.2 Å². The molecule has 0 amide bonds. The Morgan fingerprint density at radius 3 is 2.95 bits per heavy atom. The monoisotopic (exact) mass is 274 g/mol. The first-order chi connectivity index (χ1) is 9.59. The third-order valence-corrected chi connectivity index (χ3v) is 4.25. The van der Waals surface area contributed by atoms with Gasteiger partial charge in [0, 0.05) is 11.7 Å². The van der Waals surface area contributed by atoms with Crippen LogP contribution in [0, 0.1) is 11.3 Å². The van der Waals surface area contributed by atoms with Crippen molar-refractivity contribution >= 4 is 0 Å². The van der Waals surface area contributed by atoms with Crippen molar-refractivity contribution in [2.75, 3.05) is 6.54 Å². The summed E-state index contributed by atoms with van der Waals surface area (Å²) in [4.78, 5) is 4.56. The second-order valence-corrected chi connectivity index (χ2v) is 6.18. The van der Waals surface area contributed by atoms with E-state index in [1.807, 2.05) is 13.3 Å². The number of hydrogen-bond acceptors (Lipinski definition) is 3. The van der Waals surface area contributed by atoms with E-state index in [0.29, 0.717) is 6.04 Å². The fourth-order valence-corrected chi connectivity index (χ4v) is 3.12. The van der Waals surface area contributed by atoms with Crippen LogP contribution in [0.1, 0.15) is 63.9 Å². The fraction of sp³-hybridized carbons (Fsp3) is 0.750. The first-order valence-electron chi connectivity index (χ1n) is 7.80. The van der Waals surface area contributed by atoms with Crippen LogP contribution in [0.2, 0.25) is 0 Å². The highest BCUT2D eigenvalue weighted by molar-refractivity contribution is 5.18. The van der Waals surface area contributed by atoms with E-state index in [4.69, 9.17) is 0 Å². The van der Waals surface area contributed by atoms with Gasteiger partial charge in [0.05, 0.1) is 18.1 Å². The number of fused-ring (bicyclic) bond motifs is 1. The third kappa shape index (κ3) is 3.21. The zero-order chi connectivity index (χ0) is 14.6. The summed E-state index contributed by atoms with van der Waals surface area (Å²) in [6, 6.07) is 2.75. The van der Waals surface area contributed by atoms with Gasteiger partial charge in [-0.05, 0) is 58.9 Å². The minimum atomic E-state index is -0.457. The van der Waals surface area contributed by atoms with Crippen molar-refractivity contribution in [3.8, 4) is 6.07 Å². The molecule has 4 heteroatoms. The lowest BCUT2D eigenvalue weighted by molar-refractivity contribution is 0.343. The predicted molar refractivity (Wildman–Crippen MR) is 80.5 cm³/mol. The minimum absolute atomic E-state index is 0.304. The van der Waals surface area contributed by atoms with E-state index < -0.39 is 5.54 Å². The van der Waals surface area contributed by atoms with Crippen LogP contribution in [-0.2, 0) is 12.8 Å². The zero-order valence-electron chi connectivity index (χ0n) is 12.9. The van der Waals surface area contributed by atoms with Crippen molar-refractivity contribution in [1.82, 2.24) is 14.9 Å². The molecule has 0 fully saturated rings. The Hall–Kier alpha value is -1.34. The van der Waals surface area contributed by atoms with E-state index in [-0.39, 0.29) is 0 Å². The second-order valence-electron chi connectivity index (χ2n) is 6.18. The molecule has 0 radical (unpaired) electrons. The lowest BCUT2D eigenvalue weighted by Gasteiger charge is -2.28. The first kappa shape index (κ1) is 15.1. The average molecular weight is 274 g/mol. The molecule has 1 heterocycles. The summed E-state index contributed by atoms with van der Waals surface area (Å²) in [6.45, 7) is 7.21. The van der Waals surface area contributed by atoms with Gasteiger partial charge in [0.25, 0.3) is 0 Å². The van der Waals surface area contributed by atoms with Gasteiger partial charge in [-0.15, -0.1) is 0 Å². The molecule has 0 bridgehead atoms. The van der Waals surface area contributed by atoms with E-state index in [9.17, 15) is 5.26 Å². The number of imidazole rings is 1. The minimum Gasteiger partial charge on any atom is -0.331 e. The van der Waals surface area contributed by atoms with Crippen molar-refractivity contribution < 1.29 is 0 Å². The smallest absolute Gasteiger partial charge is 0.105 e. The second kappa shape index (κ2) is 6.41. The predicted octanol–water partition coefficient (Wildman–Crippen LogP) is 2.99. The van der Waals surface area contributed by atoms with Crippen LogP contribution in [0.5, 0.6) is 0 Å². The molecule has 20 heavy (non-hydrogen) atoms. The number of nitrogens with zero attached hydrogens (tertiary/aromatic N) is 3. The number of rotatable bonds is 6. The van der Waals surface area contributed by atoms with Crippen molar-refractivity contribution in [3.05, 3.63) is 17.7 Å². The highest BCUT2D eigenvalue weighted by atomic mass is 15.1. The standard InChI is InChI=1S/C16H26N4/c1-4-9-19-16(3,11-17)10-13(2)20-12-18-14-7-5-6-8-15(14)20/h12-13,19H,4-10H2,1-3H3. The van der Waals surface area contributed by atoms with Crippen molar-refractivity contribution in [2.45, 2.75) is 70.9 Å². The van der Waals surface area contributed by atoms with E-state index >= 15 is 0 Å². The summed E-state index contributed by atoms with van der Waals surface area (Å²) >= 11 is 0. The molecule has 1 aromatic heterocycles. The molecule has 1 aliphatic carbocycles. The molecule has 2 atom stereocenters. The van der Waals surface area contributed by atoms with Gasteiger partial charge in [-0.2, -0.15) is 5.26 Å². The van der Waals surface area contributed by atoms with Gasteiger partial charge in [-0.1, -0.05) is 6.92 Å². The maximum absolute atomic E-state index is 9.46. The molecule has 110 valence electrons. The van der Waals surface area contributed by atoms with Crippen LogP contribution in [0.25, 0.3) is 0 Å². The molecule has 2 rings (SSSR count). The van der Waals surface area contributed by atoms with Crippen LogP contribution >= 0.6 is 0 Å². The van der Waals surface area contributed by atoms with E-state index in [0.717, 1.165) is 32.2 Å². The third-order valence-electron chi connectivity index (χ3n) is 4.25. The molecule has 4 nitrogen and oxygen atoms in total. The molecular formula is C16H26N4. The first-order valence-corrected chi connectivity index (χ1v) is 7.80. The molecule has 0 spiro atoms. The van der Waals surface area contributed by atoms with Gasteiger partial charge in [0.15, 0.2) is 0 Å². The summed E-state index contributed by atoms with van der Waals surface area (Å²) in [5, 5.41) is 12.8. The van der Waals surface area contributed by atoms with E-state index in [1.54, 1.807) is 0 Å². The van der Waals surface area contributed by atoms with Crippen molar-refractivity contribution in [2.24, 2.45) is 0 Å². The number of hydrogen-bond donors (Lipinski definition) is 1. The molecule has 1 aromatic rings. The summed E-state index contributed by atoms with van der Waals surface area (Å²) in [5.41, 5.74) is 2.20. The van der Waals surface area contributed by atoms with Crippen LogP contribution in [-0.4, -0.2) is 21.6 Å². The van der Waals surface area contributed by atoms with Gasteiger partial charge in [-0.25, -0.2) is 4.98 Å². The summed E-state index contributed by atoms with van der Waals surface area (Å²) in [7, 11) is 0. The summed E-state index contributed by atoms with van der Waals surface area (Å²) < 4.78 is 2.29. The Labute approximate surface area is 122 Å². The van der Waals surface area contributed by atoms with E-state index in [2.05, 4.69) is 34.8 Å². The quantitative estimate of drug-likeness (QED) is 0.867. The van der Waals surface area contributed by atoms with Crippen molar-refractivity contribution in [1.29, 1.82) is 5.26 Å². The Balaban J connectivity index is 2.09. The lowest BCUT2D eigenvalue weighted by atomic mass is 9.94. The maximum atomic E-state index is 9.46. The Bertz CT molecular complexity index is 485. The maximum Gasteiger partial charge on any atom is 0.105 e. The number of aryl methyl sites for hydroxylation is 1. The molecule has 2 unspecified atom stereocenters. The molecule has 0 saturated carbocycles. The molecular weight excluding hydrogens is 248 g/mol. The largest absolute Gasteiger partial charge is 0.331 e. The van der Waals surface area contributed by atoms with Gasteiger partial charge in [0.2, 0.25) is 0 Å². The molecule has 1 N–H and O–H groups in total. The van der Waals surface area contributed by atoms with Crippen LogP contribution in [0.15, 0.2) is 6.33 Å². The van der Waals surface area contributed by atoms with Gasteiger partial charge < -0.3 is 4.57 Å². The van der Waals surface area contributed by atoms with Gasteiger partial charge in [-0.3, -0.25) is 5.32 Å². The van der Waals surface area contributed by atoms with Crippen LogP contribution in [0.4, 0.5) is 0 Å². The topological polar surface area (TPSA) is 53.6 Å². The highest BCUT2D eigenvalue weighted by Crippen LogP contribution is 2.27. The Kier molecular flexibility index (Phi) is 4.82. The Morgan fingerprint density at radius 1 is 1.50 bits per heavy atom. The average Bonchev–Trinajstić information content (AvgIpc) is 2.89. The number of aromatic nitrogens is 2. The fourth-order valence-electron chi connectivity index (χ4n) is 3.12. The lowest BCUT2D eigenvalue weighted by Crippen LogP contribution is -2.43. The summed E-state index contributed by atoms with van der Waals surface area (Å²) in [5.74, 6) is 0. The molecule has 0 aromatic carbocycles. The number of nitrogens with one attached hydrogen (secondary N) is 1. The number of nitriles is 1. The van der Waals surface area contributed by atoms with Gasteiger partial charge >= 0.3 is 0 Å². The zero-order valence-corrected chi connectivity index (χ0v) is 12.9. The normalized spacial score (nSPS) is 18.9. The molecule has 0 saturated heterocycles. The SMILES string of the molecule is CCCNC(C)(C#N)CC(C)n1cnc2c1CCCC2. The van der Waals surface area contributed by atoms with Gasteiger partial charge in [0.1, 0.15) is 5.54 Å². The molecule has 0 aliphatic heterocycles. The van der Waals surface area contributed by atoms with Crippen LogP contribution < -0.4 is 5.32 Å². The molecule has 1 aliphatic rings.